The van der Waals surface area contributed by atoms with E-state index in [9.17, 15) is 14.4 Å². The van der Waals surface area contributed by atoms with E-state index in [1.807, 2.05) is 6.92 Å². The Kier molecular flexibility index (Phi) is 6.80. The average molecular weight is 348 g/mol. The van der Waals surface area contributed by atoms with Gasteiger partial charge in [-0.15, -0.1) is 0 Å². The molecule has 0 aromatic heterocycles. The molecule has 1 aliphatic carbocycles. The Bertz CT molecular complexity index is 610. The minimum absolute atomic E-state index is 0.0700. The van der Waals surface area contributed by atoms with Gasteiger partial charge in [-0.1, -0.05) is 12.1 Å². The summed E-state index contributed by atoms with van der Waals surface area (Å²) in [4.78, 5) is 33.9. The third kappa shape index (κ3) is 6.82. The first-order valence-electron chi connectivity index (χ1n) is 8.47. The standard InChI is InChI=1S/C18H24N2O5/c1-12(13-6-8-15(9-7-13)25-11-17(22)23)20-16(21)3-2-10-19-18(24)14-4-5-14/h6-9,12,14H,2-5,10-11H2,1H3,(H,19,24)(H,20,21)(H,22,23). The quantitative estimate of drug-likeness (QED) is 0.558. The number of hydrogen-bond donors (Lipinski definition) is 3. The van der Waals surface area contributed by atoms with Crippen molar-refractivity contribution in [2.75, 3.05) is 13.2 Å². The zero-order valence-electron chi connectivity index (χ0n) is 14.3. The van der Waals surface area contributed by atoms with Crippen molar-refractivity contribution >= 4 is 17.8 Å². The van der Waals surface area contributed by atoms with Crippen molar-refractivity contribution in [2.24, 2.45) is 5.92 Å². The molecule has 0 spiro atoms. The van der Waals surface area contributed by atoms with Gasteiger partial charge in [-0.25, -0.2) is 4.79 Å². The minimum atomic E-state index is -1.03. The van der Waals surface area contributed by atoms with E-state index in [4.69, 9.17) is 9.84 Å². The van der Waals surface area contributed by atoms with Gasteiger partial charge in [-0.05, 0) is 43.9 Å². The van der Waals surface area contributed by atoms with Crippen molar-refractivity contribution in [3.8, 4) is 5.75 Å². The van der Waals surface area contributed by atoms with Gasteiger partial charge < -0.3 is 20.5 Å². The third-order valence-corrected chi connectivity index (χ3v) is 3.95. The Morgan fingerprint density at radius 2 is 1.92 bits per heavy atom. The number of nitrogens with one attached hydrogen (secondary N) is 2. The predicted molar refractivity (Wildman–Crippen MR) is 91.1 cm³/mol. The van der Waals surface area contributed by atoms with Gasteiger partial charge in [0.15, 0.2) is 6.61 Å². The van der Waals surface area contributed by atoms with Crippen LogP contribution in [0.25, 0.3) is 0 Å². The van der Waals surface area contributed by atoms with E-state index in [0.717, 1.165) is 18.4 Å². The van der Waals surface area contributed by atoms with Crippen LogP contribution in [-0.2, 0) is 14.4 Å². The van der Waals surface area contributed by atoms with Crippen LogP contribution in [0.15, 0.2) is 24.3 Å². The van der Waals surface area contributed by atoms with Crippen LogP contribution < -0.4 is 15.4 Å². The van der Waals surface area contributed by atoms with Crippen molar-refractivity contribution in [3.63, 3.8) is 0 Å². The van der Waals surface area contributed by atoms with Crippen molar-refractivity contribution in [3.05, 3.63) is 29.8 Å². The molecule has 1 aromatic carbocycles. The molecule has 3 N–H and O–H groups in total. The van der Waals surface area contributed by atoms with Crippen molar-refractivity contribution < 1.29 is 24.2 Å². The fraction of sp³-hybridized carbons (Fsp3) is 0.500. The highest BCUT2D eigenvalue weighted by Crippen LogP contribution is 2.28. The summed E-state index contributed by atoms with van der Waals surface area (Å²) in [5, 5.41) is 14.3. The molecule has 136 valence electrons. The Hall–Kier alpha value is -2.57. The highest BCUT2D eigenvalue weighted by molar-refractivity contribution is 5.81. The van der Waals surface area contributed by atoms with Crippen LogP contribution >= 0.6 is 0 Å². The average Bonchev–Trinajstić information content (AvgIpc) is 3.42. The number of amides is 2. The molecule has 2 amide bonds. The van der Waals surface area contributed by atoms with E-state index in [1.54, 1.807) is 24.3 Å². The molecule has 0 radical (unpaired) electrons. The van der Waals surface area contributed by atoms with E-state index in [2.05, 4.69) is 10.6 Å². The predicted octanol–water partition coefficient (Wildman–Crippen LogP) is 1.63. The highest BCUT2D eigenvalue weighted by atomic mass is 16.5. The number of carbonyl (C=O) groups is 3. The largest absolute Gasteiger partial charge is 0.482 e. The number of aliphatic carboxylic acids is 1. The van der Waals surface area contributed by atoms with Gasteiger partial charge in [0, 0.05) is 18.9 Å². The van der Waals surface area contributed by atoms with Crippen LogP contribution in [0, 0.1) is 5.92 Å². The monoisotopic (exact) mass is 348 g/mol. The summed E-state index contributed by atoms with van der Waals surface area (Å²) in [6.07, 6.45) is 2.92. The molecule has 1 unspecified atom stereocenters. The molecule has 1 saturated carbocycles. The van der Waals surface area contributed by atoms with E-state index in [1.165, 1.54) is 0 Å². The number of benzene rings is 1. The fourth-order valence-corrected chi connectivity index (χ4v) is 2.35. The molecule has 25 heavy (non-hydrogen) atoms. The molecular formula is C18H24N2O5. The molecule has 2 rings (SSSR count). The zero-order chi connectivity index (χ0) is 18.2. The summed E-state index contributed by atoms with van der Waals surface area (Å²) in [7, 11) is 0. The highest BCUT2D eigenvalue weighted by Gasteiger charge is 2.28. The summed E-state index contributed by atoms with van der Waals surface area (Å²) >= 11 is 0. The summed E-state index contributed by atoms with van der Waals surface area (Å²) in [6.45, 7) is 2.01. The van der Waals surface area contributed by atoms with Gasteiger partial charge in [-0.2, -0.15) is 0 Å². The summed E-state index contributed by atoms with van der Waals surface area (Å²) in [5.41, 5.74) is 0.901. The molecule has 7 heteroatoms. The molecule has 1 aromatic rings. The Labute approximate surface area is 146 Å². The molecule has 0 bridgehead atoms. The van der Waals surface area contributed by atoms with Crippen molar-refractivity contribution in [2.45, 2.75) is 38.6 Å². The maximum Gasteiger partial charge on any atom is 0.341 e. The second kappa shape index (κ2) is 9.05. The molecule has 7 nitrogen and oxygen atoms in total. The lowest BCUT2D eigenvalue weighted by atomic mass is 10.1. The van der Waals surface area contributed by atoms with E-state index in [-0.39, 0.29) is 30.4 Å². The number of carboxylic acid groups (broad SMARTS) is 1. The summed E-state index contributed by atoms with van der Waals surface area (Å²) in [5.74, 6) is -0.344. The van der Waals surface area contributed by atoms with Gasteiger partial charge in [0.25, 0.3) is 0 Å². The van der Waals surface area contributed by atoms with Gasteiger partial charge in [-0.3, -0.25) is 9.59 Å². The summed E-state index contributed by atoms with van der Waals surface area (Å²) in [6, 6.07) is 6.76. The number of hydrogen-bond acceptors (Lipinski definition) is 4. The first-order chi connectivity index (χ1) is 12.0. The SMILES string of the molecule is CC(NC(=O)CCCNC(=O)C1CC1)c1ccc(OCC(=O)O)cc1. The first-order valence-corrected chi connectivity index (χ1v) is 8.47. The van der Waals surface area contributed by atoms with Crippen LogP contribution in [0.3, 0.4) is 0 Å². The van der Waals surface area contributed by atoms with Crippen LogP contribution in [-0.4, -0.2) is 36.0 Å². The van der Waals surface area contributed by atoms with Gasteiger partial charge in [0.1, 0.15) is 5.75 Å². The van der Waals surface area contributed by atoms with Crippen LogP contribution in [0.5, 0.6) is 5.75 Å². The normalized spacial score (nSPS) is 14.4. The number of ether oxygens (including phenoxy) is 1. The van der Waals surface area contributed by atoms with E-state index in [0.29, 0.717) is 25.1 Å². The second-order valence-electron chi connectivity index (χ2n) is 6.21. The Balaban J connectivity index is 1.67. The van der Waals surface area contributed by atoms with Gasteiger partial charge in [0.05, 0.1) is 6.04 Å². The van der Waals surface area contributed by atoms with E-state index >= 15 is 0 Å². The number of rotatable bonds is 10. The van der Waals surface area contributed by atoms with Crippen LogP contribution in [0.4, 0.5) is 0 Å². The lowest BCUT2D eigenvalue weighted by molar-refractivity contribution is -0.139. The van der Waals surface area contributed by atoms with Crippen LogP contribution in [0.2, 0.25) is 0 Å². The topological polar surface area (TPSA) is 105 Å². The Morgan fingerprint density at radius 1 is 1.24 bits per heavy atom. The maximum absolute atomic E-state index is 11.9. The number of carboxylic acids is 1. The molecular weight excluding hydrogens is 324 g/mol. The van der Waals surface area contributed by atoms with E-state index < -0.39 is 5.97 Å². The lowest BCUT2D eigenvalue weighted by Crippen LogP contribution is -2.29. The lowest BCUT2D eigenvalue weighted by Gasteiger charge is -2.15. The summed E-state index contributed by atoms with van der Waals surface area (Å²) < 4.78 is 5.07. The third-order valence-electron chi connectivity index (χ3n) is 3.95. The zero-order valence-corrected chi connectivity index (χ0v) is 14.3. The van der Waals surface area contributed by atoms with Gasteiger partial charge in [0.2, 0.25) is 11.8 Å². The molecule has 1 aliphatic rings. The maximum atomic E-state index is 11.9. The molecule has 0 saturated heterocycles. The first kappa shape index (κ1) is 18.8. The van der Waals surface area contributed by atoms with Gasteiger partial charge >= 0.3 is 5.97 Å². The molecule has 1 fully saturated rings. The number of carbonyl (C=O) groups excluding carboxylic acids is 2. The van der Waals surface area contributed by atoms with Crippen molar-refractivity contribution in [1.82, 2.24) is 10.6 Å². The Morgan fingerprint density at radius 3 is 2.52 bits per heavy atom. The molecule has 1 atom stereocenters. The smallest absolute Gasteiger partial charge is 0.341 e. The molecule has 0 aliphatic heterocycles. The fourth-order valence-electron chi connectivity index (χ4n) is 2.35. The van der Waals surface area contributed by atoms with Crippen LogP contribution in [0.1, 0.15) is 44.2 Å². The minimum Gasteiger partial charge on any atom is -0.482 e. The molecule has 0 heterocycles. The van der Waals surface area contributed by atoms with Crippen molar-refractivity contribution in [1.29, 1.82) is 0 Å². The second-order valence-corrected chi connectivity index (χ2v) is 6.21.